The van der Waals surface area contributed by atoms with Crippen molar-refractivity contribution in [2.45, 2.75) is 19.9 Å². The van der Waals surface area contributed by atoms with Crippen LogP contribution in [0.1, 0.15) is 18.9 Å². The highest BCUT2D eigenvalue weighted by Crippen LogP contribution is 2.13. The van der Waals surface area contributed by atoms with Gasteiger partial charge in [-0.25, -0.2) is 0 Å². The SMILES string of the molecule is CCCOc1cccc(CNCCOC)c1. The number of rotatable bonds is 8. The molecule has 0 amide bonds. The van der Waals surface area contributed by atoms with E-state index >= 15 is 0 Å². The second-order valence-electron chi connectivity index (χ2n) is 3.67. The van der Waals surface area contributed by atoms with Crippen molar-refractivity contribution in [2.75, 3.05) is 26.9 Å². The highest BCUT2D eigenvalue weighted by molar-refractivity contribution is 5.28. The summed E-state index contributed by atoms with van der Waals surface area (Å²) in [5, 5.41) is 3.31. The Morgan fingerprint density at radius 3 is 2.88 bits per heavy atom. The van der Waals surface area contributed by atoms with Crippen molar-refractivity contribution in [3.05, 3.63) is 29.8 Å². The minimum Gasteiger partial charge on any atom is -0.494 e. The lowest BCUT2D eigenvalue weighted by Gasteiger charge is -2.08. The first kappa shape index (κ1) is 13.0. The van der Waals surface area contributed by atoms with Crippen LogP contribution in [0.5, 0.6) is 5.75 Å². The van der Waals surface area contributed by atoms with E-state index < -0.39 is 0 Å². The Kier molecular flexibility index (Phi) is 6.61. The predicted molar refractivity (Wildman–Crippen MR) is 65.8 cm³/mol. The van der Waals surface area contributed by atoms with Crippen molar-refractivity contribution in [3.8, 4) is 5.75 Å². The van der Waals surface area contributed by atoms with Gasteiger partial charge in [0.05, 0.1) is 13.2 Å². The quantitative estimate of drug-likeness (QED) is 0.685. The van der Waals surface area contributed by atoms with Crippen molar-refractivity contribution >= 4 is 0 Å². The number of hydrogen-bond donors (Lipinski definition) is 1. The fraction of sp³-hybridized carbons (Fsp3) is 0.538. The molecular weight excluding hydrogens is 202 g/mol. The van der Waals surface area contributed by atoms with E-state index in [1.54, 1.807) is 7.11 Å². The molecular formula is C13H21NO2. The Hall–Kier alpha value is -1.06. The molecule has 3 heteroatoms. The average molecular weight is 223 g/mol. The van der Waals surface area contributed by atoms with Crippen LogP contribution in [-0.4, -0.2) is 26.9 Å². The monoisotopic (exact) mass is 223 g/mol. The molecule has 0 heterocycles. The summed E-state index contributed by atoms with van der Waals surface area (Å²) in [5.41, 5.74) is 1.24. The van der Waals surface area contributed by atoms with Crippen LogP contribution in [0.25, 0.3) is 0 Å². The van der Waals surface area contributed by atoms with Gasteiger partial charge in [-0.05, 0) is 24.1 Å². The first-order chi connectivity index (χ1) is 7.86. The van der Waals surface area contributed by atoms with E-state index in [1.165, 1.54) is 5.56 Å². The standard InChI is InChI=1S/C13H21NO2/c1-3-8-16-13-6-4-5-12(10-13)11-14-7-9-15-2/h4-6,10,14H,3,7-9,11H2,1-2H3. The summed E-state index contributed by atoms with van der Waals surface area (Å²) in [4.78, 5) is 0. The molecule has 0 aliphatic rings. The Morgan fingerprint density at radius 2 is 2.12 bits per heavy atom. The van der Waals surface area contributed by atoms with Crippen LogP contribution in [0.2, 0.25) is 0 Å². The molecule has 0 aliphatic heterocycles. The molecule has 3 nitrogen and oxygen atoms in total. The van der Waals surface area contributed by atoms with Gasteiger partial charge in [-0.15, -0.1) is 0 Å². The molecule has 0 saturated carbocycles. The maximum absolute atomic E-state index is 5.57. The molecule has 0 fully saturated rings. The summed E-state index contributed by atoms with van der Waals surface area (Å²) in [6, 6.07) is 8.20. The van der Waals surface area contributed by atoms with Crippen molar-refractivity contribution < 1.29 is 9.47 Å². The van der Waals surface area contributed by atoms with Crippen LogP contribution in [0.15, 0.2) is 24.3 Å². The molecule has 0 bridgehead atoms. The van der Waals surface area contributed by atoms with Gasteiger partial charge in [0.2, 0.25) is 0 Å². The summed E-state index contributed by atoms with van der Waals surface area (Å²) in [6.07, 6.45) is 1.04. The highest BCUT2D eigenvalue weighted by atomic mass is 16.5. The number of hydrogen-bond acceptors (Lipinski definition) is 3. The Bertz CT molecular complexity index is 289. The van der Waals surface area contributed by atoms with Gasteiger partial charge in [0.15, 0.2) is 0 Å². The van der Waals surface area contributed by atoms with Gasteiger partial charge < -0.3 is 14.8 Å². The molecule has 0 aliphatic carbocycles. The summed E-state index contributed by atoms with van der Waals surface area (Å²) in [7, 11) is 1.71. The number of nitrogens with one attached hydrogen (secondary N) is 1. The lowest BCUT2D eigenvalue weighted by Crippen LogP contribution is -2.18. The molecule has 1 N–H and O–H groups in total. The predicted octanol–water partition coefficient (Wildman–Crippen LogP) is 2.21. The summed E-state index contributed by atoms with van der Waals surface area (Å²) in [5.74, 6) is 0.952. The van der Waals surface area contributed by atoms with Crippen LogP contribution >= 0.6 is 0 Å². The van der Waals surface area contributed by atoms with Gasteiger partial charge in [-0.1, -0.05) is 19.1 Å². The fourth-order valence-electron chi connectivity index (χ4n) is 1.37. The average Bonchev–Trinajstić information content (AvgIpc) is 2.33. The summed E-state index contributed by atoms with van der Waals surface area (Å²) < 4.78 is 10.5. The smallest absolute Gasteiger partial charge is 0.119 e. The van der Waals surface area contributed by atoms with Gasteiger partial charge >= 0.3 is 0 Å². The normalized spacial score (nSPS) is 10.4. The Balaban J connectivity index is 2.35. The topological polar surface area (TPSA) is 30.5 Å². The van der Waals surface area contributed by atoms with Gasteiger partial charge in [-0.3, -0.25) is 0 Å². The summed E-state index contributed by atoms with van der Waals surface area (Å²) in [6.45, 7) is 5.35. The second-order valence-corrected chi connectivity index (χ2v) is 3.67. The van der Waals surface area contributed by atoms with Gasteiger partial charge in [0.25, 0.3) is 0 Å². The van der Waals surface area contributed by atoms with E-state index in [0.717, 1.165) is 38.5 Å². The number of ether oxygens (including phenoxy) is 2. The van der Waals surface area contributed by atoms with Crippen LogP contribution in [0.3, 0.4) is 0 Å². The molecule has 16 heavy (non-hydrogen) atoms. The zero-order chi connectivity index (χ0) is 11.6. The second kappa shape index (κ2) is 8.13. The first-order valence-electron chi connectivity index (χ1n) is 5.78. The van der Waals surface area contributed by atoms with Gasteiger partial charge in [0, 0.05) is 20.2 Å². The molecule has 1 rings (SSSR count). The molecule has 0 saturated heterocycles. The maximum atomic E-state index is 5.57. The largest absolute Gasteiger partial charge is 0.494 e. The van der Waals surface area contributed by atoms with Gasteiger partial charge in [0.1, 0.15) is 5.75 Å². The van der Waals surface area contributed by atoms with Crippen LogP contribution in [-0.2, 0) is 11.3 Å². The minimum absolute atomic E-state index is 0.742. The lowest BCUT2D eigenvalue weighted by molar-refractivity contribution is 0.199. The van der Waals surface area contributed by atoms with Crippen molar-refractivity contribution in [1.82, 2.24) is 5.32 Å². The highest BCUT2D eigenvalue weighted by Gasteiger charge is 1.96. The third-order valence-electron chi connectivity index (χ3n) is 2.18. The van der Waals surface area contributed by atoms with Crippen molar-refractivity contribution in [2.24, 2.45) is 0 Å². The van der Waals surface area contributed by atoms with E-state index in [-0.39, 0.29) is 0 Å². The van der Waals surface area contributed by atoms with Crippen LogP contribution in [0.4, 0.5) is 0 Å². The van der Waals surface area contributed by atoms with Crippen LogP contribution < -0.4 is 10.1 Å². The molecule has 0 spiro atoms. The van der Waals surface area contributed by atoms with Crippen molar-refractivity contribution in [1.29, 1.82) is 0 Å². The Labute approximate surface area is 97.8 Å². The molecule has 90 valence electrons. The lowest BCUT2D eigenvalue weighted by atomic mass is 10.2. The molecule has 0 radical (unpaired) electrons. The third kappa shape index (κ3) is 5.14. The van der Waals surface area contributed by atoms with E-state index in [0.29, 0.717) is 0 Å². The van der Waals surface area contributed by atoms with E-state index in [1.807, 2.05) is 12.1 Å². The number of methoxy groups -OCH3 is 1. The molecule has 0 aromatic heterocycles. The van der Waals surface area contributed by atoms with Gasteiger partial charge in [-0.2, -0.15) is 0 Å². The van der Waals surface area contributed by atoms with Crippen molar-refractivity contribution in [3.63, 3.8) is 0 Å². The zero-order valence-electron chi connectivity index (χ0n) is 10.2. The zero-order valence-corrected chi connectivity index (χ0v) is 10.2. The van der Waals surface area contributed by atoms with E-state index in [4.69, 9.17) is 9.47 Å². The molecule has 0 unspecified atom stereocenters. The fourth-order valence-corrected chi connectivity index (χ4v) is 1.37. The maximum Gasteiger partial charge on any atom is 0.119 e. The van der Waals surface area contributed by atoms with E-state index in [9.17, 15) is 0 Å². The molecule has 0 atom stereocenters. The Morgan fingerprint density at radius 1 is 1.25 bits per heavy atom. The van der Waals surface area contributed by atoms with Crippen LogP contribution in [0, 0.1) is 0 Å². The van der Waals surface area contributed by atoms with E-state index in [2.05, 4.69) is 24.4 Å². The molecule has 1 aromatic carbocycles. The first-order valence-corrected chi connectivity index (χ1v) is 5.78. The minimum atomic E-state index is 0.742. The third-order valence-corrected chi connectivity index (χ3v) is 2.18. The molecule has 1 aromatic rings. The summed E-state index contributed by atoms with van der Waals surface area (Å²) >= 11 is 0. The number of benzene rings is 1.